The van der Waals surface area contributed by atoms with Crippen LogP contribution in [-0.2, 0) is 17.6 Å². The van der Waals surface area contributed by atoms with Crippen LogP contribution in [0.1, 0.15) is 39.0 Å². The molecule has 2 aromatic rings. The summed E-state index contributed by atoms with van der Waals surface area (Å²) in [5.41, 5.74) is 9.64. The second kappa shape index (κ2) is 8.88. The van der Waals surface area contributed by atoms with Gasteiger partial charge in [0.2, 0.25) is 0 Å². The van der Waals surface area contributed by atoms with Crippen LogP contribution < -0.4 is 20.6 Å². The number of rotatable bonds is 7. The predicted octanol–water partition coefficient (Wildman–Crippen LogP) is 2.51. The van der Waals surface area contributed by atoms with Crippen LogP contribution >= 0.6 is 11.3 Å². The molecule has 0 bridgehead atoms. The van der Waals surface area contributed by atoms with Gasteiger partial charge in [-0.15, -0.1) is 11.3 Å². The number of carbonyl (C=O) groups excluding carboxylic acids is 2. The van der Waals surface area contributed by atoms with E-state index in [0.29, 0.717) is 27.9 Å². The van der Waals surface area contributed by atoms with Gasteiger partial charge >= 0.3 is 0 Å². The maximum absolute atomic E-state index is 12.4. The summed E-state index contributed by atoms with van der Waals surface area (Å²) >= 11 is 1.55. The number of benzene rings is 1. The first-order valence-electron chi connectivity index (χ1n) is 9.00. The molecule has 1 heterocycles. The van der Waals surface area contributed by atoms with Crippen molar-refractivity contribution in [1.29, 1.82) is 0 Å². The Kier molecular flexibility index (Phi) is 6.30. The number of hydrazone groups is 1. The molecule has 1 aromatic carbocycles. The lowest BCUT2D eigenvalue weighted by Crippen LogP contribution is -2.20. The van der Waals surface area contributed by atoms with Gasteiger partial charge in [0.05, 0.1) is 18.2 Å². The second-order valence-electron chi connectivity index (χ2n) is 6.77. The molecule has 0 aliphatic heterocycles. The molecule has 0 unspecified atom stereocenters. The average molecular weight is 401 g/mol. The van der Waals surface area contributed by atoms with Crippen LogP contribution in [0.15, 0.2) is 29.4 Å². The molecule has 0 saturated heterocycles. The van der Waals surface area contributed by atoms with E-state index >= 15 is 0 Å². The maximum Gasteiger partial charge on any atom is 0.281 e. The number of hydrogen-bond donors (Lipinski definition) is 2. The number of hydrogen-bond acceptors (Lipinski definition) is 6. The summed E-state index contributed by atoms with van der Waals surface area (Å²) in [5.74, 6) is 0.732. The number of ether oxygens (including phenoxy) is 2. The van der Waals surface area contributed by atoms with Gasteiger partial charge in [-0.2, -0.15) is 5.10 Å². The zero-order valence-corrected chi connectivity index (χ0v) is 16.7. The third-order valence-corrected chi connectivity index (χ3v) is 5.73. The average Bonchev–Trinajstić information content (AvgIpc) is 3.09. The van der Waals surface area contributed by atoms with E-state index in [1.165, 1.54) is 30.2 Å². The smallest absolute Gasteiger partial charge is 0.281 e. The molecule has 2 amide bonds. The summed E-state index contributed by atoms with van der Waals surface area (Å²) < 4.78 is 10.5. The quantitative estimate of drug-likeness (QED) is 0.549. The predicted molar refractivity (Wildman–Crippen MR) is 108 cm³/mol. The molecule has 8 heteroatoms. The van der Waals surface area contributed by atoms with Crippen molar-refractivity contribution in [3.63, 3.8) is 0 Å². The van der Waals surface area contributed by atoms with E-state index in [1.54, 1.807) is 29.5 Å². The summed E-state index contributed by atoms with van der Waals surface area (Å²) in [6.45, 7) is 2.01. The van der Waals surface area contributed by atoms with Crippen LogP contribution in [-0.4, -0.2) is 31.7 Å². The zero-order valence-electron chi connectivity index (χ0n) is 15.9. The fraction of sp³-hybridized carbons (Fsp3) is 0.350. The van der Waals surface area contributed by atoms with Crippen LogP contribution in [0.3, 0.4) is 0 Å². The van der Waals surface area contributed by atoms with Crippen LogP contribution in [0.5, 0.6) is 11.5 Å². The van der Waals surface area contributed by atoms with Crippen LogP contribution in [0.25, 0.3) is 0 Å². The molecule has 7 nitrogen and oxygen atoms in total. The summed E-state index contributed by atoms with van der Waals surface area (Å²) in [6, 6.07) is 7.06. The SMILES string of the molecule is COc1cc(/C=N\NC(=O)c2cc3c(s2)CC[C@H](C)C3)ccc1OCC(N)=O. The number of primary amides is 1. The number of nitrogens with one attached hydrogen (secondary N) is 1. The Morgan fingerprint density at radius 1 is 1.36 bits per heavy atom. The third-order valence-electron chi connectivity index (χ3n) is 4.49. The lowest BCUT2D eigenvalue weighted by Gasteiger charge is -2.16. The number of fused-ring (bicyclic) bond motifs is 1. The van der Waals surface area contributed by atoms with Crippen molar-refractivity contribution in [2.75, 3.05) is 13.7 Å². The minimum Gasteiger partial charge on any atom is -0.493 e. The largest absolute Gasteiger partial charge is 0.493 e. The van der Waals surface area contributed by atoms with Crippen molar-refractivity contribution in [1.82, 2.24) is 5.43 Å². The zero-order chi connectivity index (χ0) is 20.1. The van der Waals surface area contributed by atoms with Crippen molar-refractivity contribution in [2.45, 2.75) is 26.2 Å². The number of methoxy groups -OCH3 is 1. The molecular formula is C20H23N3O4S. The number of amides is 2. The van der Waals surface area contributed by atoms with E-state index in [2.05, 4.69) is 17.5 Å². The first-order valence-corrected chi connectivity index (χ1v) is 9.82. The van der Waals surface area contributed by atoms with Gasteiger partial charge in [0.25, 0.3) is 11.8 Å². The highest BCUT2D eigenvalue weighted by Crippen LogP contribution is 2.32. The Bertz CT molecular complexity index is 907. The van der Waals surface area contributed by atoms with Crippen molar-refractivity contribution in [3.8, 4) is 11.5 Å². The highest BCUT2D eigenvalue weighted by Gasteiger charge is 2.20. The van der Waals surface area contributed by atoms with Crippen molar-refractivity contribution in [2.24, 2.45) is 16.8 Å². The minimum absolute atomic E-state index is 0.211. The van der Waals surface area contributed by atoms with E-state index in [0.717, 1.165) is 12.8 Å². The molecule has 0 radical (unpaired) electrons. The van der Waals surface area contributed by atoms with E-state index in [1.807, 2.05) is 6.07 Å². The second-order valence-corrected chi connectivity index (χ2v) is 7.91. The van der Waals surface area contributed by atoms with Gasteiger partial charge in [-0.25, -0.2) is 5.43 Å². The molecule has 0 fully saturated rings. The van der Waals surface area contributed by atoms with Gasteiger partial charge in [0, 0.05) is 4.88 Å². The number of carbonyl (C=O) groups is 2. The first-order chi connectivity index (χ1) is 13.5. The molecule has 1 aromatic heterocycles. The fourth-order valence-electron chi connectivity index (χ4n) is 3.07. The summed E-state index contributed by atoms with van der Waals surface area (Å²) in [5, 5.41) is 4.03. The molecule has 28 heavy (non-hydrogen) atoms. The van der Waals surface area contributed by atoms with E-state index in [4.69, 9.17) is 15.2 Å². The molecular weight excluding hydrogens is 378 g/mol. The molecule has 148 valence electrons. The normalized spacial score (nSPS) is 15.9. The van der Waals surface area contributed by atoms with E-state index < -0.39 is 5.91 Å². The molecule has 3 rings (SSSR count). The summed E-state index contributed by atoms with van der Waals surface area (Å²) in [6.07, 6.45) is 4.77. The molecule has 0 saturated carbocycles. The van der Waals surface area contributed by atoms with Gasteiger partial charge in [-0.05, 0) is 60.6 Å². The van der Waals surface area contributed by atoms with Crippen LogP contribution in [0.4, 0.5) is 0 Å². The number of nitrogens with zero attached hydrogens (tertiary/aromatic N) is 1. The van der Waals surface area contributed by atoms with Gasteiger partial charge in [0.1, 0.15) is 0 Å². The highest BCUT2D eigenvalue weighted by atomic mass is 32.1. The van der Waals surface area contributed by atoms with Crippen LogP contribution in [0, 0.1) is 5.92 Å². The van der Waals surface area contributed by atoms with Gasteiger partial charge in [-0.1, -0.05) is 6.92 Å². The number of nitrogens with two attached hydrogens (primary N) is 1. The van der Waals surface area contributed by atoms with Crippen molar-refractivity contribution >= 4 is 29.4 Å². The monoisotopic (exact) mass is 401 g/mol. The Labute approximate surface area is 167 Å². The van der Waals surface area contributed by atoms with Crippen molar-refractivity contribution < 1.29 is 19.1 Å². The minimum atomic E-state index is -0.569. The first kappa shape index (κ1) is 19.9. The van der Waals surface area contributed by atoms with E-state index in [9.17, 15) is 9.59 Å². The van der Waals surface area contributed by atoms with Crippen LogP contribution in [0.2, 0.25) is 0 Å². The lowest BCUT2D eigenvalue weighted by atomic mass is 9.90. The molecule has 1 aliphatic carbocycles. The Morgan fingerprint density at radius 3 is 2.93 bits per heavy atom. The topological polar surface area (TPSA) is 103 Å². The lowest BCUT2D eigenvalue weighted by molar-refractivity contribution is -0.119. The number of thiophene rings is 1. The van der Waals surface area contributed by atoms with E-state index in [-0.39, 0.29) is 12.5 Å². The van der Waals surface area contributed by atoms with Crippen molar-refractivity contribution in [3.05, 3.63) is 45.1 Å². The molecule has 3 N–H and O–H groups in total. The standard InChI is InChI=1S/C20H23N3O4S/c1-12-3-6-17-14(7-12)9-18(28-17)20(25)23-22-10-13-4-5-15(16(8-13)26-2)27-11-19(21)24/h4-5,8-10,12H,3,6-7,11H2,1-2H3,(H2,21,24)(H,23,25)/b22-10-/t12-/m0/s1. The summed E-state index contributed by atoms with van der Waals surface area (Å²) in [7, 11) is 1.49. The molecule has 1 aliphatic rings. The van der Waals surface area contributed by atoms with Gasteiger partial charge in [0.15, 0.2) is 18.1 Å². The van der Waals surface area contributed by atoms with Gasteiger partial charge in [-0.3, -0.25) is 9.59 Å². The number of aryl methyl sites for hydroxylation is 1. The maximum atomic E-state index is 12.4. The van der Waals surface area contributed by atoms with Gasteiger partial charge < -0.3 is 15.2 Å². The molecule has 0 spiro atoms. The highest BCUT2D eigenvalue weighted by molar-refractivity contribution is 7.14. The fourth-order valence-corrected chi connectivity index (χ4v) is 4.17. The molecule has 1 atom stereocenters. The summed E-state index contributed by atoms with van der Waals surface area (Å²) in [4.78, 5) is 25.2. The Hall–Kier alpha value is -2.87. The third kappa shape index (κ3) is 4.89. The Morgan fingerprint density at radius 2 is 2.18 bits per heavy atom. The Balaban J connectivity index is 1.62.